The zero-order chi connectivity index (χ0) is 7.68. The van der Waals surface area contributed by atoms with Crippen LogP contribution in [0.25, 0.3) is 0 Å². The van der Waals surface area contributed by atoms with E-state index in [9.17, 15) is 0 Å². The summed E-state index contributed by atoms with van der Waals surface area (Å²) in [5.41, 5.74) is 0. The van der Waals surface area contributed by atoms with Crippen molar-refractivity contribution < 1.29 is 0 Å². The van der Waals surface area contributed by atoms with E-state index in [4.69, 9.17) is 0 Å². The van der Waals surface area contributed by atoms with Crippen molar-refractivity contribution in [2.45, 2.75) is 25.2 Å². The number of nitrogens with one attached hydrogen (secondary N) is 1. The van der Waals surface area contributed by atoms with E-state index in [0.717, 1.165) is 11.0 Å². The van der Waals surface area contributed by atoms with Gasteiger partial charge in [0.1, 0.15) is 0 Å². The van der Waals surface area contributed by atoms with Gasteiger partial charge in [-0.15, -0.1) is 11.3 Å². The van der Waals surface area contributed by atoms with Crippen LogP contribution in [0.1, 0.15) is 30.1 Å². The van der Waals surface area contributed by atoms with E-state index < -0.39 is 0 Å². The maximum atomic E-state index is 4.24. The number of aromatic nitrogens is 1. The number of hydrogen-bond acceptors (Lipinski definition) is 3. The molecule has 3 heteroatoms. The number of nitrogens with zero attached hydrogens (tertiary/aromatic N) is 1. The number of rotatable bonds is 2. The first-order chi connectivity index (χ1) is 5.40. The van der Waals surface area contributed by atoms with Gasteiger partial charge in [0, 0.05) is 18.1 Å². The molecule has 0 aromatic carbocycles. The zero-order valence-electron chi connectivity index (χ0n) is 6.63. The minimum absolute atomic E-state index is 0.828. The van der Waals surface area contributed by atoms with Crippen molar-refractivity contribution in [1.29, 1.82) is 0 Å². The Hall–Kier alpha value is -0.570. The second-order valence-corrected chi connectivity index (χ2v) is 4.01. The molecule has 0 radical (unpaired) electrons. The third kappa shape index (κ3) is 1.25. The minimum atomic E-state index is 0.828. The lowest BCUT2D eigenvalue weighted by Crippen LogP contribution is -2.06. The summed E-state index contributed by atoms with van der Waals surface area (Å²) in [6, 6.07) is 0. The smallest absolute Gasteiger partial charge is 0.182 e. The van der Waals surface area contributed by atoms with Gasteiger partial charge in [0.2, 0.25) is 0 Å². The average molecular weight is 168 g/mol. The highest BCUT2D eigenvalue weighted by molar-refractivity contribution is 7.15. The van der Waals surface area contributed by atoms with E-state index in [-0.39, 0.29) is 0 Å². The van der Waals surface area contributed by atoms with Crippen LogP contribution in [0.4, 0.5) is 5.13 Å². The molecule has 0 amide bonds. The number of anilines is 1. The molecule has 0 unspecified atom stereocenters. The van der Waals surface area contributed by atoms with Gasteiger partial charge in [-0.1, -0.05) is 6.42 Å². The third-order valence-electron chi connectivity index (χ3n) is 2.24. The SMILES string of the molecule is CNc1ncc(C2CCC2)s1. The Morgan fingerprint density at radius 3 is 2.91 bits per heavy atom. The molecule has 2 rings (SSSR count). The van der Waals surface area contributed by atoms with Gasteiger partial charge in [0.15, 0.2) is 5.13 Å². The average Bonchev–Trinajstić information content (AvgIpc) is 2.32. The molecule has 1 aromatic rings. The molecule has 1 heterocycles. The van der Waals surface area contributed by atoms with E-state index >= 15 is 0 Å². The quantitative estimate of drug-likeness (QED) is 0.733. The summed E-state index contributed by atoms with van der Waals surface area (Å²) >= 11 is 1.79. The van der Waals surface area contributed by atoms with Crippen molar-refractivity contribution in [3.05, 3.63) is 11.1 Å². The molecule has 1 fully saturated rings. The van der Waals surface area contributed by atoms with Crippen LogP contribution < -0.4 is 5.32 Å². The lowest BCUT2D eigenvalue weighted by molar-refractivity contribution is 0.425. The molecular weight excluding hydrogens is 156 g/mol. The van der Waals surface area contributed by atoms with Crippen LogP contribution in [0.15, 0.2) is 6.20 Å². The first kappa shape index (κ1) is 7.10. The molecule has 1 aliphatic rings. The van der Waals surface area contributed by atoms with Crippen molar-refractivity contribution in [2.75, 3.05) is 12.4 Å². The first-order valence-corrected chi connectivity index (χ1v) is 4.85. The molecule has 11 heavy (non-hydrogen) atoms. The summed E-state index contributed by atoms with van der Waals surface area (Å²) < 4.78 is 0. The van der Waals surface area contributed by atoms with Gasteiger partial charge in [0.25, 0.3) is 0 Å². The maximum absolute atomic E-state index is 4.24. The van der Waals surface area contributed by atoms with Crippen molar-refractivity contribution in [1.82, 2.24) is 4.98 Å². The van der Waals surface area contributed by atoms with Gasteiger partial charge < -0.3 is 5.32 Å². The van der Waals surface area contributed by atoms with Crippen molar-refractivity contribution in [2.24, 2.45) is 0 Å². The Morgan fingerprint density at radius 2 is 2.45 bits per heavy atom. The third-order valence-corrected chi connectivity index (χ3v) is 3.42. The Morgan fingerprint density at radius 1 is 1.64 bits per heavy atom. The predicted octanol–water partition coefficient (Wildman–Crippen LogP) is 2.45. The molecule has 0 spiro atoms. The monoisotopic (exact) mass is 168 g/mol. The molecule has 0 bridgehead atoms. The van der Waals surface area contributed by atoms with Crippen LogP contribution in [0.5, 0.6) is 0 Å². The summed E-state index contributed by atoms with van der Waals surface area (Å²) in [4.78, 5) is 5.70. The van der Waals surface area contributed by atoms with E-state index in [2.05, 4.69) is 10.3 Å². The fourth-order valence-corrected chi connectivity index (χ4v) is 2.22. The zero-order valence-corrected chi connectivity index (χ0v) is 7.45. The molecule has 1 aromatic heterocycles. The lowest BCUT2D eigenvalue weighted by Gasteiger charge is -2.23. The van der Waals surface area contributed by atoms with Gasteiger partial charge in [-0.2, -0.15) is 0 Å². The molecule has 2 nitrogen and oxygen atoms in total. The highest BCUT2D eigenvalue weighted by Gasteiger charge is 2.21. The van der Waals surface area contributed by atoms with E-state index in [1.807, 2.05) is 13.2 Å². The van der Waals surface area contributed by atoms with Crippen LogP contribution >= 0.6 is 11.3 Å². The summed E-state index contributed by atoms with van der Waals surface area (Å²) in [5.74, 6) is 0.828. The van der Waals surface area contributed by atoms with Crippen molar-refractivity contribution >= 4 is 16.5 Å². The largest absolute Gasteiger partial charge is 0.365 e. The second-order valence-electron chi connectivity index (χ2n) is 2.95. The summed E-state index contributed by atoms with van der Waals surface area (Å²) in [6.07, 6.45) is 6.15. The summed E-state index contributed by atoms with van der Waals surface area (Å²) in [6.45, 7) is 0. The molecular formula is C8H12N2S. The second kappa shape index (κ2) is 2.81. The van der Waals surface area contributed by atoms with Gasteiger partial charge in [-0.3, -0.25) is 0 Å². The summed E-state index contributed by atoms with van der Waals surface area (Å²) in [5, 5.41) is 4.11. The van der Waals surface area contributed by atoms with Crippen LogP contribution in [0.2, 0.25) is 0 Å². The Bertz CT molecular complexity index is 240. The Balaban J connectivity index is 2.11. The Kier molecular flexibility index (Phi) is 1.82. The standard InChI is InChI=1S/C8H12N2S/c1-9-8-10-5-7(11-8)6-3-2-4-6/h5-6H,2-4H2,1H3,(H,9,10). The van der Waals surface area contributed by atoms with Crippen LogP contribution in [0.3, 0.4) is 0 Å². The molecule has 0 atom stereocenters. The molecule has 0 aliphatic heterocycles. The minimum Gasteiger partial charge on any atom is -0.365 e. The predicted molar refractivity (Wildman–Crippen MR) is 48.3 cm³/mol. The molecule has 0 saturated heterocycles. The van der Waals surface area contributed by atoms with Gasteiger partial charge >= 0.3 is 0 Å². The van der Waals surface area contributed by atoms with Gasteiger partial charge in [-0.25, -0.2) is 4.98 Å². The molecule has 1 saturated carbocycles. The van der Waals surface area contributed by atoms with Crippen molar-refractivity contribution in [3.63, 3.8) is 0 Å². The number of hydrogen-bond donors (Lipinski definition) is 1. The fraction of sp³-hybridized carbons (Fsp3) is 0.625. The van der Waals surface area contributed by atoms with Gasteiger partial charge in [-0.05, 0) is 18.8 Å². The topological polar surface area (TPSA) is 24.9 Å². The maximum Gasteiger partial charge on any atom is 0.182 e. The van der Waals surface area contributed by atoms with E-state index in [1.165, 1.54) is 24.1 Å². The fourth-order valence-electron chi connectivity index (χ4n) is 1.28. The van der Waals surface area contributed by atoms with Crippen LogP contribution in [-0.2, 0) is 0 Å². The lowest BCUT2D eigenvalue weighted by atomic mass is 9.85. The van der Waals surface area contributed by atoms with Crippen LogP contribution in [0, 0.1) is 0 Å². The normalized spacial score (nSPS) is 17.9. The van der Waals surface area contributed by atoms with E-state index in [1.54, 1.807) is 11.3 Å². The number of thiazole rings is 1. The first-order valence-electron chi connectivity index (χ1n) is 4.03. The van der Waals surface area contributed by atoms with Crippen LogP contribution in [-0.4, -0.2) is 12.0 Å². The Labute approximate surface area is 70.7 Å². The molecule has 60 valence electrons. The summed E-state index contributed by atoms with van der Waals surface area (Å²) in [7, 11) is 1.92. The highest BCUT2D eigenvalue weighted by atomic mass is 32.1. The van der Waals surface area contributed by atoms with Crippen molar-refractivity contribution in [3.8, 4) is 0 Å². The van der Waals surface area contributed by atoms with E-state index in [0.29, 0.717) is 0 Å². The molecule has 1 N–H and O–H groups in total. The van der Waals surface area contributed by atoms with Gasteiger partial charge in [0.05, 0.1) is 0 Å². The highest BCUT2D eigenvalue weighted by Crippen LogP contribution is 2.39. The molecule has 1 aliphatic carbocycles.